The molecule has 1 heterocycles. The van der Waals surface area contributed by atoms with Crippen molar-refractivity contribution >= 4 is 0 Å². The van der Waals surface area contributed by atoms with Gasteiger partial charge in [-0.3, -0.25) is 4.90 Å². The van der Waals surface area contributed by atoms with Gasteiger partial charge >= 0.3 is 0 Å². The van der Waals surface area contributed by atoms with Crippen molar-refractivity contribution in [3.05, 3.63) is 29.8 Å². The van der Waals surface area contributed by atoms with E-state index in [1.165, 1.54) is 25.9 Å². The first kappa shape index (κ1) is 12.9. The molecular weight excluding hydrogens is 226 g/mol. The van der Waals surface area contributed by atoms with E-state index >= 15 is 0 Å². The van der Waals surface area contributed by atoms with Crippen molar-refractivity contribution in [3.8, 4) is 17.6 Å². The monoisotopic (exact) mass is 245 g/mol. The molecule has 0 aromatic heterocycles. The number of rotatable bonds is 4. The maximum Gasteiger partial charge on any atom is 0.134 e. The molecule has 0 unspecified atom stereocenters. The van der Waals surface area contributed by atoms with Crippen LogP contribution in [0.4, 0.5) is 0 Å². The summed E-state index contributed by atoms with van der Waals surface area (Å²) in [6, 6.07) is 7.70. The molecule has 3 nitrogen and oxygen atoms in total. The number of likely N-dealkylation sites (tertiary alicyclic amines) is 1. The van der Waals surface area contributed by atoms with Crippen LogP contribution in [0, 0.1) is 11.8 Å². The van der Waals surface area contributed by atoms with E-state index in [0.29, 0.717) is 6.61 Å². The van der Waals surface area contributed by atoms with Crippen LogP contribution in [0.15, 0.2) is 24.3 Å². The van der Waals surface area contributed by atoms with Crippen molar-refractivity contribution in [2.45, 2.75) is 12.8 Å². The average Bonchev–Trinajstić information content (AvgIpc) is 2.91. The standard InChI is InChI=1S/C15H19NO2/c17-12-5-7-14-6-1-2-8-15(14)18-13-11-16-9-3-4-10-16/h1-2,6,8,17H,3-4,9-13H2. The highest BCUT2D eigenvalue weighted by atomic mass is 16.5. The van der Waals surface area contributed by atoms with Crippen molar-refractivity contribution < 1.29 is 9.84 Å². The summed E-state index contributed by atoms with van der Waals surface area (Å²) >= 11 is 0. The molecule has 0 radical (unpaired) electrons. The number of nitrogens with zero attached hydrogens (tertiary/aromatic N) is 1. The van der Waals surface area contributed by atoms with Gasteiger partial charge in [0.25, 0.3) is 0 Å². The second-order valence-corrected chi connectivity index (χ2v) is 4.35. The number of aliphatic hydroxyl groups is 1. The molecule has 0 spiro atoms. The number of benzene rings is 1. The Morgan fingerprint density at radius 1 is 1.22 bits per heavy atom. The first-order valence-corrected chi connectivity index (χ1v) is 6.44. The Morgan fingerprint density at radius 2 is 2.00 bits per heavy atom. The van der Waals surface area contributed by atoms with E-state index in [2.05, 4.69) is 16.7 Å². The smallest absolute Gasteiger partial charge is 0.134 e. The van der Waals surface area contributed by atoms with Crippen molar-refractivity contribution in [3.63, 3.8) is 0 Å². The van der Waals surface area contributed by atoms with Crippen LogP contribution in [0.1, 0.15) is 18.4 Å². The Kier molecular flexibility index (Phi) is 5.07. The fourth-order valence-corrected chi connectivity index (χ4v) is 2.12. The van der Waals surface area contributed by atoms with Gasteiger partial charge in [0.05, 0.1) is 5.56 Å². The van der Waals surface area contributed by atoms with Crippen LogP contribution >= 0.6 is 0 Å². The van der Waals surface area contributed by atoms with Crippen LogP contribution < -0.4 is 4.74 Å². The lowest BCUT2D eigenvalue weighted by Gasteiger charge is -2.15. The van der Waals surface area contributed by atoms with Gasteiger partial charge < -0.3 is 9.84 Å². The Bertz CT molecular complexity index is 428. The topological polar surface area (TPSA) is 32.7 Å². The van der Waals surface area contributed by atoms with Gasteiger partial charge in [0, 0.05) is 6.54 Å². The molecular formula is C15H19NO2. The highest BCUT2D eigenvalue weighted by molar-refractivity contribution is 5.45. The second-order valence-electron chi connectivity index (χ2n) is 4.35. The van der Waals surface area contributed by atoms with Crippen LogP contribution in [0.25, 0.3) is 0 Å². The Labute approximate surface area is 108 Å². The van der Waals surface area contributed by atoms with E-state index in [-0.39, 0.29) is 6.61 Å². The molecule has 0 aliphatic carbocycles. The van der Waals surface area contributed by atoms with E-state index in [1.807, 2.05) is 24.3 Å². The molecule has 0 bridgehead atoms. The number of hydrogen-bond donors (Lipinski definition) is 1. The third-order valence-electron chi connectivity index (χ3n) is 3.05. The zero-order valence-corrected chi connectivity index (χ0v) is 10.6. The van der Waals surface area contributed by atoms with Crippen molar-refractivity contribution in [1.29, 1.82) is 0 Å². The molecule has 1 N–H and O–H groups in total. The highest BCUT2D eigenvalue weighted by Crippen LogP contribution is 2.16. The van der Waals surface area contributed by atoms with Gasteiger partial charge in [0.2, 0.25) is 0 Å². The molecule has 0 saturated carbocycles. The van der Waals surface area contributed by atoms with Crippen molar-refractivity contribution in [2.24, 2.45) is 0 Å². The molecule has 18 heavy (non-hydrogen) atoms. The normalized spacial score (nSPS) is 15.2. The summed E-state index contributed by atoms with van der Waals surface area (Å²) in [6.45, 7) is 3.92. The summed E-state index contributed by atoms with van der Waals surface area (Å²) in [6.07, 6.45) is 2.61. The summed E-state index contributed by atoms with van der Waals surface area (Å²) in [4.78, 5) is 2.42. The predicted molar refractivity (Wildman–Crippen MR) is 71.6 cm³/mol. The first-order valence-electron chi connectivity index (χ1n) is 6.44. The van der Waals surface area contributed by atoms with Gasteiger partial charge in [-0.05, 0) is 38.1 Å². The largest absolute Gasteiger partial charge is 0.491 e. The minimum absolute atomic E-state index is 0.123. The lowest BCUT2D eigenvalue weighted by atomic mass is 10.2. The maximum atomic E-state index is 8.72. The van der Waals surface area contributed by atoms with Crippen LogP contribution in [-0.4, -0.2) is 42.9 Å². The van der Waals surface area contributed by atoms with E-state index in [1.54, 1.807) is 0 Å². The van der Waals surface area contributed by atoms with Crippen LogP contribution in [0.5, 0.6) is 5.75 Å². The zero-order valence-electron chi connectivity index (χ0n) is 10.6. The molecule has 1 aliphatic rings. The quantitative estimate of drug-likeness (QED) is 0.816. The average molecular weight is 245 g/mol. The summed E-state index contributed by atoms with van der Waals surface area (Å²) < 4.78 is 5.77. The molecule has 0 atom stereocenters. The second kappa shape index (κ2) is 7.05. The van der Waals surface area contributed by atoms with Gasteiger partial charge in [0.15, 0.2) is 0 Å². The van der Waals surface area contributed by atoms with Crippen LogP contribution in [0.3, 0.4) is 0 Å². The fourth-order valence-electron chi connectivity index (χ4n) is 2.12. The molecule has 1 aromatic rings. The molecule has 96 valence electrons. The Morgan fingerprint density at radius 3 is 2.78 bits per heavy atom. The van der Waals surface area contributed by atoms with Gasteiger partial charge in [0.1, 0.15) is 19.0 Å². The van der Waals surface area contributed by atoms with Gasteiger partial charge in [-0.2, -0.15) is 0 Å². The summed E-state index contributed by atoms with van der Waals surface area (Å²) in [5, 5.41) is 8.72. The third-order valence-corrected chi connectivity index (χ3v) is 3.05. The van der Waals surface area contributed by atoms with Gasteiger partial charge in [-0.1, -0.05) is 24.0 Å². The minimum atomic E-state index is -0.123. The predicted octanol–water partition coefficient (Wildman–Crippen LogP) is 1.50. The first-order chi connectivity index (χ1) is 8.90. The van der Waals surface area contributed by atoms with E-state index in [4.69, 9.17) is 9.84 Å². The van der Waals surface area contributed by atoms with E-state index in [9.17, 15) is 0 Å². The molecule has 3 heteroatoms. The van der Waals surface area contributed by atoms with Gasteiger partial charge in [-0.15, -0.1) is 0 Å². The SMILES string of the molecule is OCC#Cc1ccccc1OCCN1CCCC1. The Hall–Kier alpha value is -1.50. The number of aliphatic hydroxyl groups excluding tert-OH is 1. The molecule has 1 saturated heterocycles. The van der Waals surface area contributed by atoms with E-state index in [0.717, 1.165) is 17.9 Å². The van der Waals surface area contributed by atoms with Crippen LogP contribution in [-0.2, 0) is 0 Å². The zero-order chi connectivity index (χ0) is 12.6. The minimum Gasteiger partial charge on any atom is -0.491 e. The number of para-hydroxylation sites is 1. The summed E-state index contributed by atoms with van der Waals surface area (Å²) in [7, 11) is 0. The molecule has 1 aromatic carbocycles. The van der Waals surface area contributed by atoms with Gasteiger partial charge in [-0.25, -0.2) is 0 Å². The van der Waals surface area contributed by atoms with Crippen LogP contribution in [0.2, 0.25) is 0 Å². The lowest BCUT2D eigenvalue weighted by molar-refractivity contribution is 0.237. The lowest BCUT2D eigenvalue weighted by Crippen LogP contribution is -2.25. The highest BCUT2D eigenvalue weighted by Gasteiger charge is 2.11. The maximum absolute atomic E-state index is 8.72. The number of ether oxygens (including phenoxy) is 1. The molecule has 1 fully saturated rings. The molecule has 0 amide bonds. The number of hydrogen-bond acceptors (Lipinski definition) is 3. The van der Waals surface area contributed by atoms with Crippen molar-refractivity contribution in [2.75, 3.05) is 32.8 Å². The molecule has 1 aliphatic heterocycles. The summed E-state index contributed by atoms with van der Waals surface area (Å²) in [5.41, 5.74) is 0.841. The summed E-state index contributed by atoms with van der Waals surface area (Å²) in [5.74, 6) is 6.36. The Balaban J connectivity index is 1.87. The molecule has 2 rings (SSSR count). The third kappa shape index (κ3) is 3.76. The van der Waals surface area contributed by atoms with E-state index < -0.39 is 0 Å². The van der Waals surface area contributed by atoms with Crippen molar-refractivity contribution in [1.82, 2.24) is 4.90 Å². The fraction of sp³-hybridized carbons (Fsp3) is 0.467.